The summed E-state index contributed by atoms with van der Waals surface area (Å²) in [5.41, 5.74) is 5.31. The Bertz CT molecular complexity index is 878. The van der Waals surface area contributed by atoms with Gasteiger partial charge in [-0.1, -0.05) is 66.7 Å². The van der Waals surface area contributed by atoms with Gasteiger partial charge in [-0.3, -0.25) is 0 Å². The molecule has 5 heteroatoms. The van der Waals surface area contributed by atoms with Crippen molar-refractivity contribution in [3.63, 3.8) is 0 Å². The first-order valence-corrected chi connectivity index (χ1v) is 9.44. The molecule has 0 spiro atoms. The van der Waals surface area contributed by atoms with E-state index in [1.165, 1.54) is 16.7 Å². The molecule has 1 aliphatic heterocycles. The fourth-order valence-electron chi connectivity index (χ4n) is 3.87. The molecule has 1 aromatic carbocycles. The van der Waals surface area contributed by atoms with Crippen LogP contribution in [-0.4, -0.2) is 51.4 Å². The molecule has 0 amide bonds. The summed E-state index contributed by atoms with van der Waals surface area (Å²) in [5, 5.41) is 39.8. The first kappa shape index (κ1) is 19.1. The smallest absolute Gasteiger partial charge is 0.113 e. The third-order valence-electron chi connectivity index (χ3n) is 5.37. The minimum Gasteiger partial charge on any atom is -0.394 e. The molecular weight excluding hydrogens is 356 g/mol. The highest BCUT2D eigenvalue weighted by atomic mass is 16.5. The molecule has 1 fully saturated rings. The molecule has 0 radical (unpaired) electrons. The second-order valence-corrected chi connectivity index (χ2v) is 7.36. The van der Waals surface area contributed by atoms with Crippen molar-refractivity contribution in [2.75, 3.05) is 6.61 Å². The van der Waals surface area contributed by atoms with Gasteiger partial charge in [0.15, 0.2) is 0 Å². The minimum absolute atomic E-state index is 0.432. The van der Waals surface area contributed by atoms with E-state index >= 15 is 0 Å². The maximum absolute atomic E-state index is 10.4. The number of hydrogen-bond acceptors (Lipinski definition) is 5. The van der Waals surface area contributed by atoms with Crippen LogP contribution in [0.4, 0.5) is 0 Å². The highest BCUT2D eigenvalue weighted by Gasteiger charge is 2.43. The van der Waals surface area contributed by atoms with Crippen LogP contribution in [0, 0.1) is 0 Å². The van der Waals surface area contributed by atoms with Crippen LogP contribution >= 0.6 is 0 Å². The Balaban J connectivity index is 1.58. The lowest BCUT2D eigenvalue weighted by Crippen LogP contribution is -2.55. The summed E-state index contributed by atoms with van der Waals surface area (Å²) in [6.45, 7) is -0.432. The SMILES string of the molecule is OCC1O[C@@H](c2cccc(Cc3cc4cccccc-4c3)c2)[C@H](O)C(O)[C@@H]1O. The van der Waals surface area contributed by atoms with Gasteiger partial charge in [0.05, 0.1) is 6.61 Å². The van der Waals surface area contributed by atoms with Gasteiger partial charge >= 0.3 is 0 Å². The van der Waals surface area contributed by atoms with E-state index < -0.39 is 37.1 Å². The third kappa shape index (κ3) is 3.68. The largest absolute Gasteiger partial charge is 0.394 e. The second kappa shape index (κ2) is 7.99. The zero-order valence-corrected chi connectivity index (χ0v) is 15.3. The zero-order chi connectivity index (χ0) is 19.7. The van der Waals surface area contributed by atoms with Crippen LogP contribution in [0.3, 0.4) is 0 Å². The Kier molecular flexibility index (Phi) is 5.44. The molecule has 0 aromatic heterocycles. The molecule has 5 atom stereocenters. The summed E-state index contributed by atoms with van der Waals surface area (Å²) < 4.78 is 5.67. The Labute approximate surface area is 163 Å². The first-order chi connectivity index (χ1) is 13.6. The molecule has 4 rings (SSSR count). The molecule has 4 N–H and O–H groups in total. The van der Waals surface area contributed by atoms with Crippen molar-refractivity contribution in [2.24, 2.45) is 0 Å². The maximum atomic E-state index is 10.4. The fourth-order valence-corrected chi connectivity index (χ4v) is 3.87. The molecule has 3 aliphatic rings. The van der Waals surface area contributed by atoms with Crippen LogP contribution in [-0.2, 0) is 11.2 Å². The van der Waals surface area contributed by atoms with E-state index in [0.29, 0.717) is 5.56 Å². The number of fused-ring (bicyclic) bond motifs is 1. The first-order valence-electron chi connectivity index (χ1n) is 9.44. The van der Waals surface area contributed by atoms with Crippen LogP contribution in [0.5, 0.6) is 0 Å². The lowest BCUT2D eigenvalue weighted by atomic mass is 9.90. The summed E-state index contributed by atoms with van der Waals surface area (Å²) in [4.78, 5) is 0. The summed E-state index contributed by atoms with van der Waals surface area (Å²) in [5.74, 6) is 0. The van der Waals surface area contributed by atoms with E-state index in [1.807, 2.05) is 42.5 Å². The average Bonchev–Trinajstić information content (AvgIpc) is 2.94. The van der Waals surface area contributed by atoms with Gasteiger partial charge in [-0.25, -0.2) is 0 Å². The molecule has 0 bridgehead atoms. The molecule has 1 heterocycles. The molecule has 28 heavy (non-hydrogen) atoms. The van der Waals surface area contributed by atoms with Gasteiger partial charge in [0.25, 0.3) is 0 Å². The lowest BCUT2D eigenvalue weighted by molar-refractivity contribution is -0.231. The van der Waals surface area contributed by atoms with E-state index in [-0.39, 0.29) is 0 Å². The highest BCUT2D eigenvalue weighted by Crippen LogP contribution is 2.33. The van der Waals surface area contributed by atoms with Crippen molar-refractivity contribution in [1.29, 1.82) is 0 Å². The van der Waals surface area contributed by atoms with Crippen molar-refractivity contribution in [3.05, 3.63) is 83.4 Å². The fraction of sp³-hybridized carbons (Fsp3) is 0.304. The molecule has 146 valence electrons. The van der Waals surface area contributed by atoms with Crippen molar-refractivity contribution in [2.45, 2.75) is 36.9 Å². The van der Waals surface area contributed by atoms with Gasteiger partial charge in [0.2, 0.25) is 0 Å². The minimum atomic E-state index is -1.37. The number of ether oxygens (including phenoxy) is 1. The van der Waals surface area contributed by atoms with Crippen LogP contribution < -0.4 is 0 Å². The van der Waals surface area contributed by atoms with E-state index in [9.17, 15) is 20.4 Å². The molecule has 1 aromatic rings. The highest BCUT2D eigenvalue weighted by molar-refractivity contribution is 5.68. The van der Waals surface area contributed by atoms with Crippen LogP contribution in [0.1, 0.15) is 22.8 Å². The van der Waals surface area contributed by atoms with Crippen molar-refractivity contribution < 1.29 is 25.2 Å². The molecule has 0 saturated carbocycles. The van der Waals surface area contributed by atoms with E-state index in [4.69, 9.17) is 4.74 Å². The predicted molar refractivity (Wildman–Crippen MR) is 105 cm³/mol. The second-order valence-electron chi connectivity index (χ2n) is 7.36. The van der Waals surface area contributed by atoms with Crippen LogP contribution in [0.15, 0.2) is 66.7 Å². The van der Waals surface area contributed by atoms with Gasteiger partial charge in [-0.2, -0.15) is 0 Å². The number of hydrogen-bond donors (Lipinski definition) is 4. The summed E-state index contributed by atoms with van der Waals surface area (Å²) >= 11 is 0. The van der Waals surface area contributed by atoms with E-state index in [1.54, 1.807) is 0 Å². The number of aliphatic hydroxyl groups is 4. The maximum Gasteiger partial charge on any atom is 0.113 e. The quantitative estimate of drug-likeness (QED) is 0.555. The summed E-state index contributed by atoms with van der Waals surface area (Å²) in [6.07, 6.45) is -4.99. The van der Waals surface area contributed by atoms with E-state index in [0.717, 1.165) is 12.0 Å². The summed E-state index contributed by atoms with van der Waals surface area (Å²) in [7, 11) is 0. The molecule has 5 nitrogen and oxygen atoms in total. The number of aliphatic hydroxyl groups excluding tert-OH is 4. The predicted octanol–water partition coefficient (Wildman–Crippen LogP) is 1.90. The molecule has 2 unspecified atom stereocenters. The monoisotopic (exact) mass is 380 g/mol. The number of rotatable bonds is 4. The standard InChI is InChI=1S/C23H24O5/c24-13-19-20(25)21(26)22(27)23(28-19)18-8-4-5-14(10-18)9-15-11-16-6-2-1-3-7-17(16)12-15/h1-8,10-12,19-27H,9,13H2/t19?,20-,21?,22-,23+/m1/s1. The third-order valence-corrected chi connectivity index (χ3v) is 5.37. The number of benzene rings is 1. The van der Waals surface area contributed by atoms with E-state index in [2.05, 4.69) is 24.3 Å². The Hall–Kier alpha value is -2.28. The topological polar surface area (TPSA) is 90.2 Å². The van der Waals surface area contributed by atoms with Crippen LogP contribution in [0.25, 0.3) is 11.1 Å². The van der Waals surface area contributed by atoms with Gasteiger partial charge in [-0.05, 0) is 34.2 Å². The van der Waals surface area contributed by atoms with Crippen molar-refractivity contribution in [1.82, 2.24) is 0 Å². The Morgan fingerprint density at radius 3 is 2.11 bits per heavy atom. The lowest BCUT2D eigenvalue weighted by Gasteiger charge is -2.40. The van der Waals surface area contributed by atoms with Crippen molar-refractivity contribution in [3.8, 4) is 11.1 Å². The van der Waals surface area contributed by atoms with Gasteiger partial charge in [0.1, 0.15) is 30.5 Å². The van der Waals surface area contributed by atoms with Gasteiger partial charge in [0, 0.05) is 0 Å². The summed E-state index contributed by atoms with van der Waals surface area (Å²) in [6, 6.07) is 22.2. The Morgan fingerprint density at radius 1 is 0.714 bits per heavy atom. The van der Waals surface area contributed by atoms with Gasteiger partial charge in [-0.15, -0.1) is 0 Å². The average molecular weight is 380 g/mol. The molecular formula is C23H24O5. The normalized spacial score (nSPS) is 27.8. The van der Waals surface area contributed by atoms with Crippen molar-refractivity contribution >= 4 is 0 Å². The van der Waals surface area contributed by atoms with Gasteiger partial charge < -0.3 is 25.2 Å². The molecule has 1 saturated heterocycles. The Morgan fingerprint density at radius 2 is 1.43 bits per heavy atom. The van der Waals surface area contributed by atoms with Crippen LogP contribution in [0.2, 0.25) is 0 Å². The molecule has 2 aliphatic carbocycles. The zero-order valence-electron chi connectivity index (χ0n) is 15.3.